The smallest absolute Gasteiger partial charge is 0.490 e. The van der Waals surface area contributed by atoms with Gasteiger partial charge in [-0.2, -0.15) is 13.2 Å². The van der Waals surface area contributed by atoms with Gasteiger partial charge in [-0.1, -0.05) is 18.2 Å². The van der Waals surface area contributed by atoms with E-state index in [4.69, 9.17) is 14.6 Å². The van der Waals surface area contributed by atoms with Crippen molar-refractivity contribution in [1.82, 2.24) is 14.9 Å². The molecule has 4 aromatic rings. The van der Waals surface area contributed by atoms with Crippen LogP contribution >= 0.6 is 0 Å². The number of rotatable bonds is 6. The number of hydrogen-bond acceptors (Lipinski definition) is 6. The second-order valence-corrected chi connectivity index (χ2v) is 9.72. The summed E-state index contributed by atoms with van der Waals surface area (Å²) in [5, 5.41) is 10.1. The predicted molar refractivity (Wildman–Crippen MR) is 148 cm³/mol. The normalized spacial score (nSPS) is 14.1. The van der Waals surface area contributed by atoms with Gasteiger partial charge in [0.25, 0.3) is 5.91 Å². The maximum atomic E-state index is 13.1. The molecule has 0 atom stereocenters. The van der Waals surface area contributed by atoms with Gasteiger partial charge in [-0.05, 0) is 67.3 Å². The molecular weight excluding hydrogens is 556 g/mol. The molecule has 1 saturated heterocycles. The monoisotopic (exact) mass is 584 g/mol. The van der Waals surface area contributed by atoms with Gasteiger partial charge in [0.1, 0.15) is 17.7 Å². The summed E-state index contributed by atoms with van der Waals surface area (Å²) in [7, 11) is 0. The van der Waals surface area contributed by atoms with Crippen molar-refractivity contribution in [3.8, 4) is 5.75 Å². The molecule has 1 aromatic heterocycles. The fourth-order valence-electron chi connectivity index (χ4n) is 4.33. The van der Waals surface area contributed by atoms with Crippen LogP contribution in [0.25, 0.3) is 11.0 Å². The number of carboxylic acid groups (broad SMARTS) is 1. The van der Waals surface area contributed by atoms with Gasteiger partial charge >= 0.3 is 12.1 Å². The molecule has 0 bridgehead atoms. The van der Waals surface area contributed by atoms with Gasteiger partial charge in [-0.25, -0.2) is 9.18 Å². The lowest BCUT2D eigenvalue weighted by Gasteiger charge is -2.32. The average molecular weight is 585 g/mol. The zero-order valence-electron chi connectivity index (χ0n) is 22.6. The third kappa shape index (κ3) is 8.46. The molecule has 1 amide bonds. The van der Waals surface area contributed by atoms with Crippen molar-refractivity contribution >= 4 is 28.6 Å². The van der Waals surface area contributed by atoms with E-state index in [9.17, 15) is 22.4 Å². The van der Waals surface area contributed by atoms with Crippen LogP contribution in [0.5, 0.6) is 5.75 Å². The minimum absolute atomic E-state index is 0.114. The molecule has 2 N–H and O–H groups in total. The number of alkyl halides is 3. The van der Waals surface area contributed by atoms with Crippen LogP contribution in [0.4, 0.5) is 23.2 Å². The summed E-state index contributed by atoms with van der Waals surface area (Å²) >= 11 is 0. The lowest BCUT2D eigenvalue weighted by atomic mass is 10.1. The Morgan fingerprint density at radius 1 is 0.976 bits per heavy atom. The maximum Gasteiger partial charge on any atom is 0.490 e. The Balaban J connectivity index is 0.000000517. The van der Waals surface area contributed by atoms with Gasteiger partial charge in [0.05, 0.1) is 11.0 Å². The number of carbonyl (C=O) groups is 2. The summed E-state index contributed by atoms with van der Waals surface area (Å²) in [6.07, 6.45) is 0.0971. The quantitative estimate of drug-likeness (QED) is 0.268. The second kappa shape index (κ2) is 13.4. The number of benzene rings is 3. The van der Waals surface area contributed by atoms with E-state index in [1.54, 1.807) is 30.6 Å². The van der Waals surface area contributed by atoms with Crippen molar-refractivity contribution < 1.29 is 37.0 Å². The molecule has 3 aromatic carbocycles. The Labute approximate surface area is 239 Å². The van der Waals surface area contributed by atoms with E-state index in [0.717, 1.165) is 54.9 Å². The van der Waals surface area contributed by atoms with Gasteiger partial charge in [-0.15, -0.1) is 0 Å². The van der Waals surface area contributed by atoms with E-state index in [1.807, 2.05) is 37.3 Å². The van der Waals surface area contributed by atoms with E-state index in [1.165, 1.54) is 12.1 Å². The summed E-state index contributed by atoms with van der Waals surface area (Å²) in [5.74, 6) is -2.39. The number of nitrogens with zero attached hydrogens (tertiary/aromatic N) is 3. The summed E-state index contributed by atoms with van der Waals surface area (Å²) in [4.78, 5) is 32.6. The van der Waals surface area contributed by atoms with E-state index in [0.29, 0.717) is 16.8 Å². The first-order valence-corrected chi connectivity index (χ1v) is 13.0. The van der Waals surface area contributed by atoms with Crippen LogP contribution in [0.3, 0.4) is 0 Å². The van der Waals surface area contributed by atoms with E-state index in [-0.39, 0.29) is 17.8 Å². The molecule has 1 aliphatic rings. The van der Waals surface area contributed by atoms with Crippen molar-refractivity contribution in [2.75, 3.05) is 18.4 Å². The zero-order chi connectivity index (χ0) is 30.3. The Bertz CT molecular complexity index is 1540. The molecule has 5 rings (SSSR count). The first-order valence-electron chi connectivity index (χ1n) is 13.0. The molecule has 0 aliphatic carbocycles. The Hall–Kier alpha value is -4.58. The summed E-state index contributed by atoms with van der Waals surface area (Å²) < 4.78 is 51.2. The fraction of sp³-hybridized carbons (Fsp3) is 0.267. The number of piperidine rings is 1. The number of halogens is 4. The number of aromatic nitrogens is 2. The average Bonchev–Trinajstić information content (AvgIpc) is 2.96. The second-order valence-electron chi connectivity index (χ2n) is 9.72. The highest BCUT2D eigenvalue weighted by molar-refractivity contribution is 6.06. The highest BCUT2D eigenvalue weighted by Crippen LogP contribution is 2.27. The Kier molecular flexibility index (Phi) is 9.68. The molecular formula is C30H28F4N4O4. The highest BCUT2D eigenvalue weighted by Gasteiger charge is 2.38. The van der Waals surface area contributed by atoms with E-state index < -0.39 is 12.1 Å². The van der Waals surface area contributed by atoms with E-state index >= 15 is 0 Å². The van der Waals surface area contributed by atoms with Crippen LogP contribution in [0.15, 0.2) is 73.1 Å². The molecule has 2 heterocycles. The molecule has 42 heavy (non-hydrogen) atoms. The number of anilines is 1. The lowest BCUT2D eigenvalue weighted by Crippen LogP contribution is -2.37. The molecule has 12 heteroatoms. The van der Waals surface area contributed by atoms with Crippen LogP contribution in [0.1, 0.15) is 34.3 Å². The number of fused-ring (bicyclic) bond motifs is 1. The Morgan fingerprint density at radius 2 is 1.62 bits per heavy atom. The van der Waals surface area contributed by atoms with Gasteiger partial charge < -0.3 is 15.2 Å². The van der Waals surface area contributed by atoms with Crippen molar-refractivity contribution in [3.05, 3.63) is 95.6 Å². The predicted octanol–water partition coefficient (Wildman–Crippen LogP) is 6.01. The summed E-state index contributed by atoms with van der Waals surface area (Å²) in [5.41, 5.74) is 4.78. The number of aliphatic carboxylic acids is 1. The minimum atomic E-state index is -5.08. The van der Waals surface area contributed by atoms with Gasteiger partial charge in [0.2, 0.25) is 0 Å². The summed E-state index contributed by atoms with van der Waals surface area (Å²) in [6.45, 7) is 4.66. The standard InChI is InChI=1S/C28H27FN4O2.C2HF3O2/c1-19-2-8-23(32-28(34)21-5-9-25-26(16-21)31-13-12-30-25)17-27(19)35-24-10-14-33(15-11-24)18-20-3-6-22(29)7-4-20;3-2(4,5)1(6)7/h2-9,12-13,16-17,24H,10-11,14-15,18H2,1H3,(H,32,34);(H,6,7). The first-order chi connectivity index (χ1) is 20.0. The highest BCUT2D eigenvalue weighted by atomic mass is 19.4. The van der Waals surface area contributed by atoms with Crippen LogP contribution in [-0.2, 0) is 11.3 Å². The number of nitrogens with one attached hydrogen (secondary N) is 1. The number of carboxylic acids is 1. The molecule has 8 nitrogen and oxygen atoms in total. The molecule has 0 spiro atoms. The number of likely N-dealkylation sites (tertiary alicyclic amines) is 1. The molecule has 1 aliphatic heterocycles. The molecule has 1 fully saturated rings. The topological polar surface area (TPSA) is 105 Å². The third-order valence-electron chi connectivity index (χ3n) is 6.57. The molecule has 220 valence electrons. The molecule has 0 unspecified atom stereocenters. The first kappa shape index (κ1) is 30.4. The zero-order valence-corrected chi connectivity index (χ0v) is 22.6. The van der Waals surface area contributed by atoms with Crippen LogP contribution < -0.4 is 10.1 Å². The molecule has 0 saturated carbocycles. The lowest BCUT2D eigenvalue weighted by molar-refractivity contribution is -0.192. The third-order valence-corrected chi connectivity index (χ3v) is 6.57. The molecule has 0 radical (unpaired) electrons. The van der Waals surface area contributed by atoms with Crippen LogP contribution in [0, 0.1) is 12.7 Å². The van der Waals surface area contributed by atoms with Crippen LogP contribution in [0.2, 0.25) is 0 Å². The summed E-state index contributed by atoms with van der Waals surface area (Å²) in [6, 6.07) is 17.7. The van der Waals surface area contributed by atoms with Crippen LogP contribution in [-0.4, -0.2) is 57.2 Å². The van der Waals surface area contributed by atoms with Gasteiger partial charge in [0.15, 0.2) is 0 Å². The Morgan fingerprint density at radius 3 is 2.26 bits per heavy atom. The van der Waals surface area contributed by atoms with Crippen molar-refractivity contribution in [2.24, 2.45) is 0 Å². The number of hydrogen-bond donors (Lipinski definition) is 2. The number of aryl methyl sites for hydroxylation is 1. The number of ether oxygens (including phenoxy) is 1. The van der Waals surface area contributed by atoms with Crippen molar-refractivity contribution in [3.63, 3.8) is 0 Å². The van der Waals surface area contributed by atoms with Crippen molar-refractivity contribution in [1.29, 1.82) is 0 Å². The number of amides is 1. The van der Waals surface area contributed by atoms with Crippen molar-refractivity contribution in [2.45, 2.75) is 38.6 Å². The number of carbonyl (C=O) groups excluding carboxylic acids is 1. The van der Waals surface area contributed by atoms with Gasteiger partial charge in [0, 0.05) is 49.3 Å². The maximum absolute atomic E-state index is 13.1. The van der Waals surface area contributed by atoms with Gasteiger partial charge in [-0.3, -0.25) is 19.7 Å². The largest absolute Gasteiger partial charge is 0.490 e. The van der Waals surface area contributed by atoms with E-state index in [2.05, 4.69) is 20.2 Å². The SMILES string of the molecule is Cc1ccc(NC(=O)c2ccc3nccnc3c2)cc1OC1CCN(Cc2ccc(F)cc2)CC1.O=C(O)C(F)(F)F. The fourth-order valence-corrected chi connectivity index (χ4v) is 4.33. The minimum Gasteiger partial charge on any atom is -0.490 e.